The minimum atomic E-state index is -0.306. The zero-order valence-corrected chi connectivity index (χ0v) is 19.8. The number of nitrogens with zero attached hydrogens (tertiary/aromatic N) is 6. The third-order valence-corrected chi connectivity index (χ3v) is 6.75. The maximum Gasteiger partial charge on any atom is 0.257 e. The largest absolute Gasteiger partial charge is 0.338 e. The van der Waals surface area contributed by atoms with Crippen LogP contribution in [0.4, 0.5) is 4.39 Å². The van der Waals surface area contributed by atoms with Gasteiger partial charge in [0, 0.05) is 26.2 Å². The summed E-state index contributed by atoms with van der Waals surface area (Å²) in [6, 6.07) is 10.1. The molecule has 1 fully saturated rings. The minimum absolute atomic E-state index is 0.0329. The van der Waals surface area contributed by atoms with Crippen LogP contribution in [0.15, 0.2) is 52.5 Å². The van der Waals surface area contributed by atoms with Crippen molar-refractivity contribution in [3.8, 4) is 16.4 Å². The number of hydrogen-bond acceptors (Lipinski definition) is 7. The first kappa shape index (κ1) is 22.4. The van der Waals surface area contributed by atoms with Crippen molar-refractivity contribution in [3.63, 3.8) is 0 Å². The predicted molar refractivity (Wildman–Crippen MR) is 126 cm³/mol. The molecule has 1 saturated heterocycles. The lowest BCUT2D eigenvalue weighted by molar-refractivity contribution is 0.0613. The minimum Gasteiger partial charge on any atom is -0.338 e. The molecule has 3 aromatic heterocycles. The van der Waals surface area contributed by atoms with Crippen molar-refractivity contribution in [3.05, 3.63) is 70.9 Å². The predicted octanol–water partition coefficient (Wildman–Crippen LogP) is 4.20. The van der Waals surface area contributed by atoms with E-state index >= 15 is 0 Å². The fourth-order valence-corrected chi connectivity index (χ4v) is 4.81. The number of carbonyl (C=O) groups is 1. The Morgan fingerprint density at radius 2 is 1.91 bits per heavy atom. The number of thiophene rings is 1. The van der Waals surface area contributed by atoms with E-state index in [1.165, 1.54) is 12.1 Å². The van der Waals surface area contributed by atoms with Gasteiger partial charge < -0.3 is 9.42 Å². The van der Waals surface area contributed by atoms with Crippen LogP contribution in [-0.2, 0) is 6.54 Å². The number of aromatic nitrogens is 4. The van der Waals surface area contributed by atoms with Gasteiger partial charge in [0.25, 0.3) is 5.91 Å². The van der Waals surface area contributed by atoms with Gasteiger partial charge in [0.1, 0.15) is 5.82 Å². The van der Waals surface area contributed by atoms with E-state index in [9.17, 15) is 9.18 Å². The molecule has 0 unspecified atom stereocenters. The molecule has 0 aliphatic carbocycles. The molecule has 0 saturated carbocycles. The van der Waals surface area contributed by atoms with Gasteiger partial charge >= 0.3 is 0 Å². The van der Waals surface area contributed by atoms with Crippen molar-refractivity contribution in [2.24, 2.45) is 0 Å². The van der Waals surface area contributed by atoms with Gasteiger partial charge in [0.05, 0.1) is 34.6 Å². The van der Waals surface area contributed by atoms with Crippen LogP contribution in [0.5, 0.6) is 0 Å². The lowest BCUT2D eigenvalue weighted by Crippen LogP contribution is -2.48. The summed E-state index contributed by atoms with van der Waals surface area (Å²) in [5.74, 6) is 0.917. The van der Waals surface area contributed by atoms with Gasteiger partial charge in [-0.05, 0) is 41.6 Å². The van der Waals surface area contributed by atoms with E-state index in [4.69, 9.17) is 4.52 Å². The molecule has 0 radical (unpaired) electrons. The van der Waals surface area contributed by atoms with Crippen LogP contribution in [0.25, 0.3) is 16.4 Å². The summed E-state index contributed by atoms with van der Waals surface area (Å²) in [7, 11) is 0. The van der Waals surface area contributed by atoms with Gasteiger partial charge in [-0.2, -0.15) is 10.1 Å². The molecule has 34 heavy (non-hydrogen) atoms. The highest BCUT2D eigenvalue weighted by molar-refractivity contribution is 7.13. The normalized spacial score (nSPS) is 14.8. The summed E-state index contributed by atoms with van der Waals surface area (Å²) in [6.07, 6.45) is 1.62. The fourth-order valence-electron chi connectivity index (χ4n) is 4.16. The molecule has 1 aliphatic heterocycles. The Morgan fingerprint density at radius 3 is 2.59 bits per heavy atom. The maximum atomic E-state index is 13.4. The molecule has 4 aromatic rings. The molecular weight excluding hydrogens is 455 g/mol. The average molecular weight is 481 g/mol. The van der Waals surface area contributed by atoms with Crippen molar-refractivity contribution < 1.29 is 13.7 Å². The van der Waals surface area contributed by atoms with Crippen molar-refractivity contribution in [1.82, 2.24) is 29.7 Å². The highest BCUT2D eigenvalue weighted by atomic mass is 32.1. The molecule has 1 aliphatic rings. The van der Waals surface area contributed by atoms with E-state index in [-0.39, 0.29) is 17.6 Å². The van der Waals surface area contributed by atoms with E-state index in [2.05, 4.69) is 20.1 Å². The molecule has 0 N–H and O–H groups in total. The fraction of sp³-hybridized carbons (Fsp3) is 0.333. The van der Waals surface area contributed by atoms with Crippen molar-refractivity contribution in [2.75, 3.05) is 26.2 Å². The van der Waals surface area contributed by atoms with Crippen LogP contribution in [0.3, 0.4) is 0 Å². The molecule has 0 atom stereocenters. The summed E-state index contributed by atoms with van der Waals surface area (Å²) in [4.78, 5) is 22.9. The summed E-state index contributed by atoms with van der Waals surface area (Å²) in [5, 5.41) is 10.5. The molecule has 10 heteroatoms. The molecule has 8 nitrogen and oxygen atoms in total. The lowest BCUT2D eigenvalue weighted by Gasteiger charge is -2.34. The Hall–Kier alpha value is -3.37. The second-order valence-electron chi connectivity index (χ2n) is 8.54. The Morgan fingerprint density at radius 1 is 1.15 bits per heavy atom. The number of piperazine rings is 1. The van der Waals surface area contributed by atoms with Gasteiger partial charge in [0.15, 0.2) is 0 Å². The Labute approximate surface area is 200 Å². The van der Waals surface area contributed by atoms with Gasteiger partial charge in [0.2, 0.25) is 11.7 Å². The summed E-state index contributed by atoms with van der Waals surface area (Å²) >= 11 is 1.57. The molecule has 176 valence electrons. The van der Waals surface area contributed by atoms with Crippen LogP contribution in [-0.4, -0.2) is 61.8 Å². The molecule has 5 rings (SSSR count). The van der Waals surface area contributed by atoms with Crippen molar-refractivity contribution in [2.45, 2.75) is 26.3 Å². The monoisotopic (exact) mass is 480 g/mol. The van der Waals surface area contributed by atoms with Gasteiger partial charge in [-0.1, -0.05) is 25.1 Å². The van der Waals surface area contributed by atoms with Crippen LogP contribution in [0, 0.1) is 5.82 Å². The SMILES string of the molecule is CC(C)c1c(C(=O)N2CCN(Cc3nc(-c4cccs4)no3)CC2)cnn1-c1ccc(F)cc1. The van der Waals surface area contributed by atoms with E-state index in [0.717, 1.165) is 16.3 Å². The molecular formula is C24H25FN6O2S. The number of benzene rings is 1. The van der Waals surface area contributed by atoms with Crippen molar-refractivity contribution >= 4 is 17.2 Å². The van der Waals surface area contributed by atoms with E-state index < -0.39 is 0 Å². The van der Waals surface area contributed by atoms with Gasteiger partial charge in [-0.25, -0.2) is 9.07 Å². The van der Waals surface area contributed by atoms with Crippen LogP contribution < -0.4 is 0 Å². The maximum absolute atomic E-state index is 13.4. The Bertz CT molecular complexity index is 1260. The number of rotatable bonds is 6. The second kappa shape index (κ2) is 9.47. The van der Waals surface area contributed by atoms with Crippen LogP contribution >= 0.6 is 11.3 Å². The molecule has 0 spiro atoms. The van der Waals surface area contributed by atoms with Gasteiger partial charge in [-0.15, -0.1) is 11.3 Å². The first-order valence-electron chi connectivity index (χ1n) is 11.2. The van der Waals surface area contributed by atoms with E-state index in [0.29, 0.717) is 50.0 Å². The number of carbonyl (C=O) groups excluding carboxylic acids is 1. The lowest BCUT2D eigenvalue weighted by atomic mass is 10.0. The Balaban J connectivity index is 1.25. The average Bonchev–Trinajstić information content (AvgIpc) is 3.60. The quantitative estimate of drug-likeness (QED) is 0.411. The number of hydrogen-bond donors (Lipinski definition) is 0. The Kier molecular flexibility index (Phi) is 6.25. The zero-order valence-electron chi connectivity index (χ0n) is 19.0. The summed E-state index contributed by atoms with van der Waals surface area (Å²) in [5.41, 5.74) is 2.15. The smallest absolute Gasteiger partial charge is 0.257 e. The van der Waals surface area contributed by atoms with Crippen LogP contribution in [0.1, 0.15) is 41.7 Å². The molecule has 4 heterocycles. The van der Waals surface area contributed by atoms with E-state index in [1.807, 2.05) is 36.3 Å². The molecule has 1 aromatic carbocycles. The molecule has 1 amide bonds. The highest BCUT2D eigenvalue weighted by Gasteiger charge is 2.28. The highest BCUT2D eigenvalue weighted by Crippen LogP contribution is 2.25. The number of amides is 1. The zero-order chi connectivity index (χ0) is 23.7. The van der Waals surface area contributed by atoms with Gasteiger partial charge in [-0.3, -0.25) is 9.69 Å². The third-order valence-electron chi connectivity index (χ3n) is 5.88. The van der Waals surface area contributed by atoms with Crippen molar-refractivity contribution in [1.29, 1.82) is 0 Å². The standard InChI is InChI=1S/C24H25FN6O2S/c1-16(2)22-19(14-26-31(22)18-7-5-17(25)6-8-18)24(32)30-11-9-29(10-12-30)15-21-27-23(28-33-21)20-4-3-13-34-20/h3-8,13-14,16H,9-12,15H2,1-2H3. The first-order chi connectivity index (χ1) is 16.5. The first-order valence-corrected chi connectivity index (χ1v) is 12.1. The van der Waals surface area contributed by atoms with E-state index in [1.54, 1.807) is 34.3 Å². The summed E-state index contributed by atoms with van der Waals surface area (Å²) < 4.78 is 20.5. The number of halogens is 1. The van der Waals surface area contributed by atoms with Crippen LogP contribution in [0.2, 0.25) is 0 Å². The third kappa shape index (κ3) is 4.51. The topological polar surface area (TPSA) is 80.3 Å². The second-order valence-corrected chi connectivity index (χ2v) is 9.49. The summed E-state index contributed by atoms with van der Waals surface area (Å²) in [6.45, 7) is 7.24. The molecule has 0 bridgehead atoms.